The van der Waals surface area contributed by atoms with Crippen molar-refractivity contribution in [2.75, 3.05) is 5.32 Å². The molecular formula is C33H23B2NO3. The van der Waals surface area contributed by atoms with Crippen LogP contribution in [0.25, 0.3) is 22.3 Å². The highest BCUT2D eigenvalue weighted by atomic mass is 16.5. The summed E-state index contributed by atoms with van der Waals surface area (Å²) in [4.78, 5) is 0. The first kappa shape index (κ1) is 21.4. The molecule has 0 bridgehead atoms. The van der Waals surface area contributed by atoms with Gasteiger partial charge in [0.05, 0.1) is 0 Å². The van der Waals surface area contributed by atoms with Crippen LogP contribution in [0.5, 0.6) is 23.0 Å². The fourth-order valence-electron chi connectivity index (χ4n) is 6.94. The van der Waals surface area contributed by atoms with E-state index in [1.165, 1.54) is 27.7 Å². The molecule has 0 fully saturated rings. The van der Waals surface area contributed by atoms with Gasteiger partial charge in [0.1, 0.15) is 23.0 Å². The number of rotatable bonds is 0. The molecule has 4 aliphatic heterocycles. The molecule has 1 N–H and O–H groups in total. The van der Waals surface area contributed by atoms with Gasteiger partial charge >= 0.3 is 13.8 Å². The molecule has 0 saturated heterocycles. The number of nitrogens with one attached hydrogen (secondary N) is 1. The van der Waals surface area contributed by atoms with Gasteiger partial charge in [-0.25, -0.2) is 0 Å². The summed E-state index contributed by atoms with van der Waals surface area (Å²) in [7, 11) is 0. The van der Waals surface area contributed by atoms with Crippen molar-refractivity contribution in [2.45, 2.75) is 20.8 Å². The van der Waals surface area contributed by atoms with Crippen molar-refractivity contribution in [1.82, 2.24) is 0 Å². The summed E-state index contributed by atoms with van der Waals surface area (Å²) in [5.74, 6) is 3.55. The number of anilines is 2. The topological polar surface area (TPSA) is 39.7 Å². The molecule has 0 unspecified atom stereocenters. The normalized spacial score (nSPS) is 14.2. The summed E-state index contributed by atoms with van der Waals surface area (Å²) in [6, 6.07) is 27.8. The highest BCUT2D eigenvalue weighted by Gasteiger charge is 2.46. The second-order valence-corrected chi connectivity index (χ2v) is 11.1. The third kappa shape index (κ3) is 2.76. The maximum atomic E-state index is 6.78. The van der Waals surface area contributed by atoms with Crippen LogP contribution in [-0.4, -0.2) is 13.8 Å². The van der Waals surface area contributed by atoms with Crippen LogP contribution in [0.15, 0.2) is 78.9 Å². The fraction of sp³-hybridized carbons (Fsp3) is 0.0909. The monoisotopic (exact) mass is 503 g/mol. The quantitative estimate of drug-likeness (QED) is 0.299. The predicted molar refractivity (Wildman–Crippen MR) is 159 cm³/mol. The van der Waals surface area contributed by atoms with Gasteiger partial charge in [-0.2, -0.15) is 0 Å². The Hall–Kier alpha value is -4.57. The van der Waals surface area contributed by atoms with E-state index in [-0.39, 0.29) is 13.8 Å². The predicted octanol–water partition coefficient (Wildman–Crippen LogP) is 5.10. The summed E-state index contributed by atoms with van der Waals surface area (Å²) in [5, 5.41) is 3.78. The first-order chi connectivity index (χ1) is 19.0. The molecule has 184 valence electrons. The molecule has 0 saturated carbocycles. The summed E-state index contributed by atoms with van der Waals surface area (Å²) >= 11 is 0. The fourth-order valence-corrected chi connectivity index (χ4v) is 6.94. The van der Waals surface area contributed by atoms with E-state index in [1.807, 2.05) is 12.1 Å². The summed E-state index contributed by atoms with van der Waals surface area (Å²) in [6.45, 7) is 5.94. The Labute approximate surface area is 227 Å². The average Bonchev–Trinajstić information content (AvgIpc) is 2.94. The molecule has 0 radical (unpaired) electrons. The lowest BCUT2D eigenvalue weighted by Gasteiger charge is -2.38. The van der Waals surface area contributed by atoms with Gasteiger partial charge in [0.2, 0.25) is 0 Å². The summed E-state index contributed by atoms with van der Waals surface area (Å²) < 4.78 is 20.3. The minimum absolute atomic E-state index is 0.222. The van der Waals surface area contributed by atoms with Crippen molar-refractivity contribution >= 4 is 47.1 Å². The Bertz CT molecular complexity index is 1800. The second-order valence-electron chi connectivity index (χ2n) is 11.1. The molecule has 5 aromatic carbocycles. The Balaban J connectivity index is 1.29. The molecule has 4 nitrogen and oxygen atoms in total. The van der Waals surface area contributed by atoms with Crippen LogP contribution in [0.3, 0.4) is 0 Å². The van der Waals surface area contributed by atoms with Gasteiger partial charge in [-0.3, -0.25) is 0 Å². The van der Waals surface area contributed by atoms with Gasteiger partial charge in [0.25, 0.3) is 0 Å². The molecule has 5 aromatic rings. The van der Waals surface area contributed by atoms with Crippen molar-refractivity contribution in [3.8, 4) is 45.3 Å². The zero-order valence-electron chi connectivity index (χ0n) is 21.9. The molecule has 9 rings (SSSR count). The molecular weight excluding hydrogens is 480 g/mol. The largest absolute Gasteiger partial charge is 0.551 e. The van der Waals surface area contributed by atoms with Crippen LogP contribution in [0, 0.1) is 20.8 Å². The van der Waals surface area contributed by atoms with Gasteiger partial charge in [-0.05, 0) is 72.8 Å². The van der Waals surface area contributed by atoms with Crippen LogP contribution in [0.1, 0.15) is 16.7 Å². The molecule has 39 heavy (non-hydrogen) atoms. The minimum atomic E-state index is -0.256. The maximum absolute atomic E-state index is 6.78. The van der Waals surface area contributed by atoms with Crippen LogP contribution in [0.4, 0.5) is 11.4 Å². The van der Waals surface area contributed by atoms with Gasteiger partial charge < -0.3 is 19.4 Å². The summed E-state index contributed by atoms with van der Waals surface area (Å²) in [6.07, 6.45) is 0. The molecule has 0 spiro atoms. The van der Waals surface area contributed by atoms with E-state index in [2.05, 4.69) is 92.8 Å². The summed E-state index contributed by atoms with van der Waals surface area (Å²) in [5.41, 5.74) is 14.7. The average molecular weight is 503 g/mol. The van der Waals surface area contributed by atoms with E-state index >= 15 is 0 Å². The van der Waals surface area contributed by atoms with Crippen molar-refractivity contribution < 1.29 is 14.0 Å². The van der Waals surface area contributed by atoms with E-state index in [4.69, 9.17) is 14.0 Å². The Morgan fingerprint density at radius 3 is 1.92 bits per heavy atom. The van der Waals surface area contributed by atoms with Gasteiger partial charge in [-0.15, -0.1) is 0 Å². The van der Waals surface area contributed by atoms with Crippen LogP contribution >= 0.6 is 0 Å². The number of hydrogen-bond acceptors (Lipinski definition) is 4. The van der Waals surface area contributed by atoms with Gasteiger partial charge in [0, 0.05) is 44.5 Å². The lowest BCUT2D eigenvalue weighted by atomic mass is 9.46. The highest BCUT2D eigenvalue weighted by molar-refractivity contribution is 6.88. The maximum Gasteiger partial charge on any atom is 0.434 e. The molecule has 0 aromatic heterocycles. The smallest absolute Gasteiger partial charge is 0.434 e. The number of hydrogen-bond donors (Lipinski definition) is 1. The zero-order valence-corrected chi connectivity index (χ0v) is 21.9. The Morgan fingerprint density at radius 2 is 1.21 bits per heavy atom. The van der Waals surface area contributed by atoms with Crippen LogP contribution in [-0.2, 0) is 0 Å². The molecule has 6 heteroatoms. The number of para-hydroxylation sites is 2. The van der Waals surface area contributed by atoms with Crippen molar-refractivity contribution in [3.05, 3.63) is 95.6 Å². The van der Waals surface area contributed by atoms with Crippen LogP contribution in [0.2, 0.25) is 0 Å². The van der Waals surface area contributed by atoms with E-state index in [9.17, 15) is 0 Å². The number of benzene rings is 5. The van der Waals surface area contributed by atoms with Gasteiger partial charge in [-0.1, -0.05) is 54.6 Å². The van der Waals surface area contributed by atoms with Crippen molar-refractivity contribution in [1.29, 1.82) is 0 Å². The van der Waals surface area contributed by atoms with Crippen molar-refractivity contribution in [3.63, 3.8) is 0 Å². The zero-order chi connectivity index (χ0) is 26.0. The van der Waals surface area contributed by atoms with Crippen LogP contribution < -0.4 is 41.2 Å². The van der Waals surface area contributed by atoms with Crippen molar-refractivity contribution in [2.24, 2.45) is 0 Å². The standard InChI is InChI=1S/C33H23B2NO3/c1-17-12-22-20-8-4-6-10-27(20)38-34-24-16-25-33(19(3)32(24)36-26(14-17)30(22)34)37-29-15-18(2)13-23-21-9-5-7-11-28(21)39-35(25)31(23)29/h4-16,36H,1-3H3. The Kier molecular flexibility index (Phi) is 4.00. The molecule has 4 aliphatic rings. The number of aryl methyl sites for hydroxylation is 2. The lowest BCUT2D eigenvalue weighted by molar-refractivity contribution is 0.476. The van der Waals surface area contributed by atoms with E-state index < -0.39 is 0 Å². The highest BCUT2D eigenvalue weighted by Crippen LogP contribution is 2.43. The third-order valence-corrected chi connectivity index (χ3v) is 8.59. The SMILES string of the molecule is Cc1cc2c3c(c1)-c1ccccc1OB3c1cc3c(c(C)c1N2)Oc1cc(C)cc2c1B3Oc1ccccc1-2. The van der Waals surface area contributed by atoms with E-state index in [0.29, 0.717) is 0 Å². The van der Waals surface area contributed by atoms with E-state index in [1.54, 1.807) is 0 Å². The lowest BCUT2D eigenvalue weighted by Crippen LogP contribution is -2.59. The first-order valence-corrected chi connectivity index (χ1v) is 13.5. The molecule has 4 heterocycles. The minimum Gasteiger partial charge on any atom is -0.551 e. The van der Waals surface area contributed by atoms with Gasteiger partial charge in [0.15, 0.2) is 0 Å². The van der Waals surface area contributed by atoms with E-state index in [0.717, 1.165) is 67.5 Å². The first-order valence-electron chi connectivity index (χ1n) is 13.5. The number of fused-ring (bicyclic) bond motifs is 8. The number of ether oxygens (including phenoxy) is 1. The molecule has 0 atom stereocenters. The third-order valence-electron chi connectivity index (χ3n) is 8.59. The molecule has 0 aliphatic carbocycles. The Morgan fingerprint density at radius 1 is 0.590 bits per heavy atom. The molecule has 0 amide bonds. The second kappa shape index (κ2) is 7.29.